The lowest BCUT2D eigenvalue weighted by molar-refractivity contribution is -0.344. The molecule has 18 atom stereocenters. The molecule has 18 unspecified atom stereocenters. The molecule has 14 nitrogen and oxygen atoms in total. The summed E-state index contributed by atoms with van der Waals surface area (Å²) in [6, 6.07) is 0. The van der Waals surface area contributed by atoms with Crippen molar-refractivity contribution in [2.24, 2.45) is 34.5 Å². The highest BCUT2D eigenvalue weighted by Crippen LogP contribution is 2.70. The Bertz CT molecular complexity index is 1300. The first-order valence-electron chi connectivity index (χ1n) is 18.4. The lowest BCUT2D eigenvalue weighted by Gasteiger charge is -2.63. The van der Waals surface area contributed by atoms with E-state index in [1.807, 2.05) is 0 Å². The van der Waals surface area contributed by atoms with Crippen molar-refractivity contribution >= 4 is 12.4 Å². The summed E-state index contributed by atoms with van der Waals surface area (Å²) in [6.07, 6.45) is -3.10. The molecule has 7 aliphatic rings. The van der Waals surface area contributed by atoms with Crippen LogP contribution in [0.3, 0.4) is 0 Å². The fourth-order valence-corrected chi connectivity index (χ4v) is 11.6. The van der Waals surface area contributed by atoms with Crippen LogP contribution in [-0.4, -0.2) is 129 Å². The molecule has 6 N–H and O–H groups in total. The second-order valence-corrected chi connectivity index (χ2v) is 16.6. The van der Waals surface area contributed by atoms with Crippen LogP contribution < -0.4 is 0 Å². The molecule has 3 heterocycles. The van der Waals surface area contributed by atoms with Crippen LogP contribution >= 0.6 is 0 Å². The molecule has 0 amide bonds. The number of rotatable bonds is 8. The van der Waals surface area contributed by atoms with Gasteiger partial charge in [-0.25, -0.2) is 4.79 Å². The monoisotopic (exact) mass is 710 g/mol. The predicted molar refractivity (Wildman–Crippen MR) is 171 cm³/mol. The number of hydrogen-bond donors (Lipinski definition) is 6. The van der Waals surface area contributed by atoms with E-state index in [1.165, 1.54) is 6.08 Å². The van der Waals surface area contributed by atoms with Gasteiger partial charge in [0.1, 0.15) is 43.2 Å². The predicted octanol–water partition coefficient (Wildman–Crippen LogP) is 0.461. The Labute approximate surface area is 292 Å². The minimum atomic E-state index is -1.59. The van der Waals surface area contributed by atoms with Crippen molar-refractivity contribution in [2.45, 2.75) is 152 Å². The third kappa shape index (κ3) is 5.86. The van der Waals surface area contributed by atoms with Crippen LogP contribution in [-0.2, 0) is 38.0 Å². The summed E-state index contributed by atoms with van der Waals surface area (Å²) in [7, 11) is 0. The summed E-state index contributed by atoms with van der Waals surface area (Å²) >= 11 is 0. The SMILES string of the molecule is CC1OC(OC2CCC3(C)C(CCC4C3CCC3(C)C(C5=CC(=O)OC5)C(OC=O)CC43O)C2)CC(O)C1OC1OC(CO)C(O)C(O)C1O. The number of carbonyl (C=O) groups is 2. The summed E-state index contributed by atoms with van der Waals surface area (Å²) in [5, 5.41) is 63.9. The van der Waals surface area contributed by atoms with Crippen molar-refractivity contribution in [1.29, 1.82) is 0 Å². The van der Waals surface area contributed by atoms with Gasteiger partial charge >= 0.3 is 5.97 Å². The Hall–Kier alpha value is -1.72. The van der Waals surface area contributed by atoms with E-state index in [-0.39, 0.29) is 42.3 Å². The van der Waals surface area contributed by atoms with E-state index in [2.05, 4.69) is 13.8 Å². The molecular formula is C36H54O14. The molecule has 7 rings (SSSR count). The van der Waals surface area contributed by atoms with Gasteiger partial charge in [-0.15, -0.1) is 0 Å². The lowest BCUT2D eigenvalue weighted by Crippen LogP contribution is -2.62. The molecule has 0 bridgehead atoms. The Kier molecular flexibility index (Phi) is 9.97. The van der Waals surface area contributed by atoms with Crippen molar-refractivity contribution in [2.75, 3.05) is 13.2 Å². The number of ether oxygens (including phenoxy) is 6. The fraction of sp³-hybridized carbons (Fsp3) is 0.889. The highest BCUT2D eigenvalue weighted by Gasteiger charge is 2.71. The van der Waals surface area contributed by atoms with Crippen LogP contribution in [0.15, 0.2) is 11.6 Å². The highest BCUT2D eigenvalue weighted by atomic mass is 16.7. The van der Waals surface area contributed by atoms with Crippen molar-refractivity contribution in [3.05, 3.63) is 11.6 Å². The van der Waals surface area contributed by atoms with Crippen molar-refractivity contribution in [1.82, 2.24) is 0 Å². The Morgan fingerprint density at radius 2 is 1.74 bits per heavy atom. The molecule has 14 heteroatoms. The van der Waals surface area contributed by atoms with Gasteiger partial charge in [-0.05, 0) is 80.6 Å². The van der Waals surface area contributed by atoms with Gasteiger partial charge in [-0.3, -0.25) is 4.79 Å². The maximum Gasteiger partial charge on any atom is 0.331 e. The van der Waals surface area contributed by atoms with Gasteiger partial charge in [0, 0.05) is 30.3 Å². The molecule has 4 saturated carbocycles. The van der Waals surface area contributed by atoms with Gasteiger partial charge < -0.3 is 59.1 Å². The van der Waals surface area contributed by atoms with Crippen LogP contribution in [0.5, 0.6) is 0 Å². The molecule has 4 aliphatic carbocycles. The summed E-state index contributed by atoms with van der Waals surface area (Å²) in [4.78, 5) is 23.6. The van der Waals surface area contributed by atoms with E-state index < -0.39 is 85.0 Å². The molecule has 0 radical (unpaired) electrons. The maximum absolute atomic E-state index is 12.7. The molecule has 6 fully saturated rings. The Balaban J connectivity index is 0.983. The molecule has 0 aromatic carbocycles. The van der Waals surface area contributed by atoms with Crippen molar-refractivity contribution in [3.63, 3.8) is 0 Å². The van der Waals surface area contributed by atoms with Gasteiger partial charge in [-0.2, -0.15) is 0 Å². The normalized spacial score (nSPS) is 53.4. The average Bonchev–Trinajstić information content (AvgIpc) is 3.59. The molecule has 0 aromatic heterocycles. The van der Waals surface area contributed by atoms with Gasteiger partial charge in [-0.1, -0.05) is 13.8 Å². The zero-order valence-electron chi connectivity index (χ0n) is 29.0. The van der Waals surface area contributed by atoms with Crippen molar-refractivity contribution in [3.8, 4) is 0 Å². The van der Waals surface area contributed by atoms with E-state index >= 15 is 0 Å². The largest absolute Gasteiger partial charge is 0.464 e. The number of hydrogen-bond acceptors (Lipinski definition) is 14. The summed E-state index contributed by atoms with van der Waals surface area (Å²) in [5.41, 5.74) is -0.841. The van der Waals surface area contributed by atoms with E-state index in [0.29, 0.717) is 18.8 Å². The molecule has 282 valence electrons. The highest BCUT2D eigenvalue weighted by molar-refractivity contribution is 5.85. The first kappa shape index (κ1) is 36.6. The molecule has 0 aromatic rings. The molecule has 0 spiro atoms. The third-order valence-corrected chi connectivity index (χ3v) is 14.2. The number of carbonyl (C=O) groups excluding carboxylic acids is 2. The number of fused-ring (bicyclic) bond motifs is 5. The second kappa shape index (κ2) is 13.6. The van der Waals surface area contributed by atoms with Crippen LogP contribution in [0, 0.1) is 34.5 Å². The Morgan fingerprint density at radius 1 is 0.960 bits per heavy atom. The van der Waals surface area contributed by atoms with Crippen LogP contribution in [0.4, 0.5) is 0 Å². The van der Waals surface area contributed by atoms with E-state index in [0.717, 1.165) is 50.5 Å². The first-order chi connectivity index (χ1) is 23.7. The topological polar surface area (TPSA) is 211 Å². The van der Waals surface area contributed by atoms with E-state index in [9.17, 15) is 40.2 Å². The number of aliphatic hydroxyl groups excluding tert-OH is 5. The lowest BCUT2D eigenvalue weighted by atomic mass is 9.43. The van der Waals surface area contributed by atoms with Crippen LogP contribution in [0.1, 0.15) is 78.6 Å². The zero-order chi connectivity index (χ0) is 35.7. The van der Waals surface area contributed by atoms with E-state index in [1.54, 1.807) is 6.92 Å². The van der Waals surface area contributed by atoms with Gasteiger partial charge in [0.15, 0.2) is 12.6 Å². The molecule has 2 saturated heterocycles. The molecular weight excluding hydrogens is 656 g/mol. The number of cyclic esters (lactones) is 1. The maximum atomic E-state index is 12.7. The molecule has 50 heavy (non-hydrogen) atoms. The number of esters is 1. The Morgan fingerprint density at radius 3 is 2.42 bits per heavy atom. The zero-order valence-corrected chi connectivity index (χ0v) is 29.0. The first-order valence-corrected chi connectivity index (χ1v) is 18.4. The minimum absolute atomic E-state index is 0.0186. The number of aliphatic hydroxyl groups is 6. The van der Waals surface area contributed by atoms with Crippen LogP contribution in [0.2, 0.25) is 0 Å². The van der Waals surface area contributed by atoms with Gasteiger partial charge in [0.05, 0.1) is 30.5 Å². The third-order valence-electron chi connectivity index (χ3n) is 14.2. The average molecular weight is 711 g/mol. The van der Waals surface area contributed by atoms with E-state index in [4.69, 9.17) is 28.4 Å². The van der Waals surface area contributed by atoms with Gasteiger partial charge in [0.25, 0.3) is 6.47 Å². The summed E-state index contributed by atoms with van der Waals surface area (Å²) in [5.74, 6) is -0.00542. The van der Waals surface area contributed by atoms with Gasteiger partial charge in [0.2, 0.25) is 0 Å². The quantitative estimate of drug-likeness (QED) is 0.115. The fourth-order valence-electron chi connectivity index (χ4n) is 11.6. The smallest absolute Gasteiger partial charge is 0.331 e. The standard InChI is InChI=1S/C36H54O14/c1-17-32(50-33-31(43)30(42)29(41)25(14-37)49-33)23(39)12-27(47-17)48-20-6-8-34(2)19(11-20)4-5-22-21(34)7-9-35(3)28(18-10-26(40)45-15-18)24(46-16-38)13-36(22,35)44/h10,16-17,19-25,27-33,37,39,41-44H,4-9,11-15H2,1-3H3. The second-order valence-electron chi connectivity index (χ2n) is 16.6. The van der Waals surface area contributed by atoms with Crippen LogP contribution in [0.25, 0.3) is 0 Å². The van der Waals surface area contributed by atoms with Crippen molar-refractivity contribution < 1.29 is 68.6 Å². The summed E-state index contributed by atoms with van der Waals surface area (Å²) in [6.45, 7) is 6.22. The summed E-state index contributed by atoms with van der Waals surface area (Å²) < 4.78 is 34.8. The minimum Gasteiger partial charge on any atom is -0.464 e. The molecule has 3 aliphatic heterocycles.